The molecule has 0 aliphatic rings. The molecule has 6 nitrogen and oxygen atoms in total. The number of hydrogen-bond donors (Lipinski definition) is 0. The first-order valence-corrected chi connectivity index (χ1v) is 8.26. The summed E-state index contributed by atoms with van der Waals surface area (Å²) < 4.78 is 16.6. The Kier molecular flexibility index (Phi) is 7.09. The van der Waals surface area contributed by atoms with Crippen molar-refractivity contribution in [2.45, 2.75) is 6.10 Å². The molecule has 0 bridgehead atoms. The number of Topliss-reactive ketones (excluding diaryl/α,β-unsaturated/α-hetero) is 1. The van der Waals surface area contributed by atoms with Crippen molar-refractivity contribution in [1.29, 1.82) is 0 Å². The summed E-state index contributed by atoms with van der Waals surface area (Å²) in [6, 6.07) is 7.16. The third kappa shape index (κ3) is 4.87. The summed E-state index contributed by atoms with van der Waals surface area (Å²) in [5.41, 5.74) is 1.47. The van der Waals surface area contributed by atoms with Crippen LogP contribution in [0, 0.1) is 0 Å². The van der Waals surface area contributed by atoms with Crippen LogP contribution in [0.15, 0.2) is 46.1 Å². The second-order valence-electron chi connectivity index (χ2n) is 5.08. The van der Waals surface area contributed by atoms with Gasteiger partial charge >= 0.3 is 0 Å². The zero-order chi connectivity index (χ0) is 18.2. The number of methoxy groups -OCH3 is 3. The number of ketones is 1. The molecule has 1 unspecified atom stereocenters. The lowest BCUT2D eigenvalue weighted by Crippen LogP contribution is -2.17. The lowest BCUT2D eigenvalue weighted by atomic mass is 10.1. The molecule has 0 N–H and O–H groups in total. The molecule has 0 aliphatic heterocycles. The van der Waals surface area contributed by atoms with Crippen molar-refractivity contribution in [2.75, 3.05) is 27.9 Å². The van der Waals surface area contributed by atoms with Crippen LogP contribution < -0.4 is 9.47 Å². The molecule has 2 aromatic rings. The Morgan fingerprint density at radius 3 is 2.48 bits per heavy atom. The number of benzene rings is 1. The number of aromatic nitrogens is 1. The normalized spacial score (nSPS) is 12.2. The monoisotopic (exact) mass is 406 g/mol. The zero-order valence-electron chi connectivity index (χ0n) is 14.2. The Morgan fingerprint density at radius 1 is 1.28 bits per heavy atom. The van der Waals surface area contributed by atoms with E-state index in [-0.39, 0.29) is 12.3 Å². The summed E-state index contributed by atoms with van der Waals surface area (Å²) in [6.07, 6.45) is 4.18. The molecule has 0 amide bonds. The zero-order valence-corrected chi connectivity index (χ0v) is 15.8. The second-order valence-corrected chi connectivity index (χ2v) is 5.87. The van der Waals surface area contributed by atoms with E-state index in [9.17, 15) is 4.79 Å². The summed E-state index contributed by atoms with van der Waals surface area (Å²) >= 11 is 3.41. The first-order chi connectivity index (χ1) is 12.1. The van der Waals surface area contributed by atoms with E-state index < -0.39 is 6.10 Å². The van der Waals surface area contributed by atoms with Crippen molar-refractivity contribution in [3.05, 3.63) is 52.3 Å². The van der Waals surface area contributed by atoms with Gasteiger partial charge in [-0.3, -0.25) is 14.8 Å². The van der Waals surface area contributed by atoms with Gasteiger partial charge in [-0.1, -0.05) is 6.07 Å². The summed E-state index contributed by atoms with van der Waals surface area (Å²) in [4.78, 5) is 20.6. The molecular weight excluding hydrogens is 388 g/mol. The Balaban J connectivity index is 2.11. The third-order valence-corrected chi connectivity index (χ3v) is 4.25. The molecule has 1 heterocycles. The molecule has 7 heteroatoms. The Hall–Kier alpha value is -2.25. The minimum Gasteiger partial charge on any atom is -0.495 e. The van der Waals surface area contributed by atoms with Crippen LogP contribution in [0.5, 0.6) is 11.5 Å². The maximum absolute atomic E-state index is 12.3. The van der Waals surface area contributed by atoms with Crippen LogP contribution in [0.25, 0.3) is 0 Å². The highest BCUT2D eigenvalue weighted by molar-refractivity contribution is 9.10. The third-order valence-electron chi connectivity index (χ3n) is 3.47. The minimum atomic E-state index is -0.681. The van der Waals surface area contributed by atoms with Crippen LogP contribution in [-0.4, -0.2) is 44.9 Å². The highest BCUT2D eigenvalue weighted by Crippen LogP contribution is 2.35. The summed E-state index contributed by atoms with van der Waals surface area (Å²) in [5, 5.41) is 0. The molecule has 0 saturated heterocycles. The van der Waals surface area contributed by atoms with Crippen LogP contribution in [0.4, 0.5) is 0 Å². The van der Waals surface area contributed by atoms with Crippen LogP contribution >= 0.6 is 15.9 Å². The van der Waals surface area contributed by atoms with Crippen molar-refractivity contribution in [2.24, 2.45) is 4.99 Å². The van der Waals surface area contributed by atoms with Gasteiger partial charge in [0, 0.05) is 31.3 Å². The SMILES string of the molecule is COc1cc(C=NCC(=O)C(OC)c2cccnc2)cc(OC)c1Br. The fourth-order valence-corrected chi connectivity index (χ4v) is 2.83. The lowest BCUT2D eigenvalue weighted by Gasteiger charge is -2.12. The van der Waals surface area contributed by atoms with E-state index in [0.29, 0.717) is 17.1 Å². The molecule has 1 aromatic heterocycles. The molecule has 25 heavy (non-hydrogen) atoms. The van der Waals surface area contributed by atoms with E-state index in [1.807, 2.05) is 0 Å². The molecular formula is C18H19BrN2O4. The highest BCUT2D eigenvalue weighted by Gasteiger charge is 2.19. The fraction of sp³-hybridized carbons (Fsp3) is 0.278. The van der Waals surface area contributed by atoms with Crippen molar-refractivity contribution < 1.29 is 19.0 Å². The largest absolute Gasteiger partial charge is 0.495 e. The Morgan fingerprint density at radius 2 is 1.96 bits per heavy atom. The van der Waals surface area contributed by atoms with E-state index in [4.69, 9.17) is 14.2 Å². The standard InChI is InChI=1S/C18H19BrN2O4/c1-23-15-7-12(8-16(24-2)17(15)19)9-21-11-14(22)18(25-3)13-5-4-6-20-10-13/h4-10,18H,11H2,1-3H3. The molecule has 0 aliphatic carbocycles. The van der Waals surface area contributed by atoms with E-state index >= 15 is 0 Å². The summed E-state index contributed by atoms with van der Waals surface area (Å²) in [6.45, 7) is -0.00586. The lowest BCUT2D eigenvalue weighted by molar-refractivity contribution is -0.127. The van der Waals surface area contributed by atoms with Crippen molar-refractivity contribution >= 4 is 27.9 Å². The maximum atomic E-state index is 12.3. The average molecular weight is 407 g/mol. The van der Waals surface area contributed by atoms with Gasteiger partial charge in [-0.15, -0.1) is 0 Å². The molecule has 0 radical (unpaired) electrons. The number of nitrogens with zero attached hydrogens (tertiary/aromatic N) is 2. The number of pyridine rings is 1. The molecule has 1 aromatic carbocycles. The first kappa shape index (κ1) is 19.1. The van der Waals surface area contributed by atoms with E-state index in [1.54, 1.807) is 57.1 Å². The van der Waals surface area contributed by atoms with Gasteiger partial charge in [-0.05, 0) is 39.7 Å². The van der Waals surface area contributed by atoms with E-state index in [0.717, 1.165) is 10.0 Å². The summed E-state index contributed by atoms with van der Waals surface area (Å²) in [7, 11) is 4.63. The number of hydrogen-bond acceptors (Lipinski definition) is 6. The summed E-state index contributed by atoms with van der Waals surface area (Å²) in [5.74, 6) is 1.09. The molecule has 2 rings (SSSR count). The predicted octanol–water partition coefficient (Wildman–Crippen LogP) is 3.24. The Bertz CT molecular complexity index is 725. The van der Waals surface area contributed by atoms with E-state index in [2.05, 4.69) is 25.9 Å². The average Bonchev–Trinajstić information content (AvgIpc) is 2.64. The fourth-order valence-electron chi connectivity index (χ4n) is 2.27. The molecule has 132 valence electrons. The Labute approximate surface area is 155 Å². The van der Waals surface area contributed by atoms with Crippen LogP contribution in [0.1, 0.15) is 17.2 Å². The number of carbonyl (C=O) groups is 1. The molecule has 1 atom stereocenters. The molecule has 0 fully saturated rings. The van der Waals surface area contributed by atoms with Gasteiger partial charge in [0.25, 0.3) is 0 Å². The quantitative estimate of drug-likeness (QED) is 0.629. The topological polar surface area (TPSA) is 70.0 Å². The second kappa shape index (κ2) is 9.29. The smallest absolute Gasteiger partial charge is 0.187 e. The minimum absolute atomic E-state index is 0.00586. The van der Waals surface area contributed by atoms with Gasteiger partial charge < -0.3 is 14.2 Å². The number of aliphatic imine (C=N–C) groups is 1. The van der Waals surface area contributed by atoms with Gasteiger partial charge in [0.2, 0.25) is 0 Å². The number of carbonyl (C=O) groups excluding carboxylic acids is 1. The van der Waals surface area contributed by atoms with Crippen LogP contribution in [-0.2, 0) is 9.53 Å². The number of halogens is 1. The first-order valence-electron chi connectivity index (χ1n) is 7.47. The maximum Gasteiger partial charge on any atom is 0.187 e. The van der Waals surface area contributed by atoms with Gasteiger partial charge in [0.15, 0.2) is 5.78 Å². The number of rotatable bonds is 8. The van der Waals surface area contributed by atoms with Gasteiger partial charge in [-0.2, -0.15) is 0 Å². The van der Waals surface area contributed by atoms with Crippen molar-refractivity contribution in [3.63, 3.8) is 0 Å². The number of ether oxygens (including phenoxy) is 3. The van der Waals surface area contributed by atoms with Gasteiger partial charge in [0.05, 0.1) is 14.2 Å². The van der Waals surface area contributed by atoms with Crippen molar-refractivity contribution in [1.82, 2.24) is 4.98 Å². The van der Waals surface area contributed by atoms with Gasteiger partial charge in [-0.25, -0.2) is 0 Å². The van der Waals surface area contributed by atoms with Crippen molar-refractivity contribution in [3.8, 4) is 11.5 Å². The highest BCUT2D eigenvalue weighted by atomic mass is 79.9. The molecule has 0 saturated carbocycles. The van der Waals surface area contributed by atoms with Gasteiger partial charge in [0.1, 0.15) is 28.6 Å². The predicted molar refractivity (Wildman–Crippen MR) is 98.7 cm³/mol. The van der Waals surface area contributed by atoms with E-state index in [1.165, 1.54) is 7.11 Å². The molecule has 0 spiro atoms. The van der Waals surface area contributed by atoms with Crippen LogP contribution in [0.2, 0.25) is 0 Å². The van der Waals surface area contributed by atoms with Crippen LogP contribution in [0.3, 0.4) is 0 Å².